The van der Waals surface area contributed by atoms with E-state index in [-0.39, 0.29) is 0 Å². The lowest BCUT2D eigenvalue weighted by Crippen LogP contribution is -2.39. The molecule has 2 aliphatic rings. The quantitative estimate of drug-likeness (QED) is 0.613. The van der Waals surface area contributed by atoms with E-state index in [1.54, 1.807) is 0 Å². The molecule has 2 heteroatoms. The van der Waals surface area contributed by atoms with Crippen LogP contribution in [0.2, 0.25) is 0 Å². The molecule has 14 heavy (non-hydrogen) atoms. The second-order valence-corrected chi connectivity index (χ2v) is 4.57. The van der Waals surface area contributed by atoms with E-state index in [0.29, 0.717) is 0 Å². The van der Waals surface area contributed by atoms with Crippen LogP contribution in [0.4, 0.5) is 0 Å². The lowest BCUT2D eigenvalue weighted by molar-refractivity contribution is -0.00179. The summed E-state index contributed by atoms with van der Waals surface area (Å²) in [6.45, 7) is 7.02. The molecule has 0 saturated carbocycles. The topological polar surface area (TPSA) is 6.48 Å². The number of nitrogens with zero attached hydrogens (tertiary/aromatic N) is 2. The van der Waals surface area contributed by atoms with E-state index >= 15 is 0 Å². The van der Waals surface area contributed by atoms with Gasteiger partial charge in [-0.05, 0) is 17.0 Å². The second-order valence-electron chi connectivity index (χ2n) is 4.57. The molecular formula is C12H16N2. The van der Waals surface area contributed by atoms with Crippen molar-refractivity contribution in [3.05, 3.63) is 35.4 Å². The Kier molecular flexibility index (Phi) is 1.85. The third-order valence-electron chi connectivity index (χ3n) is 3.27. The minimum Gasteiger partial charge on any atom is -0.237 e. The summed E-state index contributed by atoms with van der Waals surface area (Å²) < 4.78 is 0. The predicted molar refractivity (Wildman–Crippen MR) is 56.4 cm³/mol. The third kappa shape index (κ3) is 1.26. The van der Waals surface area contributed by atoms with Crippen LogP contribution >= 0.6 is 0 Å². The summed E-state index contributed by atoms with van der Waals surface area (Å²) in [5.74, 6) is 0.823. The van der Waals surface area contributed by atoms with Crippen LogP contribution in [0.3, 0.4) is 0 Å². The van der Waals surface area contributed by atoms with Gasteiger partial charge < -0.3 is 0 Å². The van der Waals surface area contributed by atoms with Crippen molar-refractivity contribution >= 4 is 0 Å². The van der Waals surface area contributed by atoms with Gasteiger partial charge in [-0.1, -0.05) is 31.2 Å². The van der Waals surface area contributed by atoms with Gasteiger partial charge in [-0.25, -0.2) is 10.0 Å². The van der Waals surface area contributed by atoms with Gasteiger partial charge in [0.05, 0.1) is 0 Å². The molecule has 0 amide bonds. The van der Waals surface area contributed by atoms with Crippen molar-refractivity contribution in [2.24, 2.45) is 5.92 Å². The molecule has 1 fully saturated rings. The summed E-state index contributed by atoms with van der Waals surface area (Å²) in [5.41, 5.74) is 3.02. The minimum absolute atomic E-state index is 0.823. The van der Waals surface area contributed by atoms with E-state index in [4.69, 9.17) is 0 Å². The maximum absolute atomic E-state index is 2.49. The fraction of sp³-hybridized carbons (Fsp3) is 0.500. The largest absolute Gasteiger partial charge is 0.237 e. The van der Waals surface area contributed by atoms with Gasteiger partial charge in [0.25, 0.3) is 0 Å². The van der Waals surface area contributed by atoms with Crippen LogP contribution in [-0.4, -0.2) is 23.1 Å². The Morgan fingerprint density at radius 2 is 1.50 bits per heavy atom. The van der Waals surface area contributed by atoms with Crippen LogP contribution in [0.15, 0.2) is 24.3 Å². The molecule has 0 bridgehead atoms. The summed E-state index contributed by atoms with van der Waals surface area (Å²) in [6, 6.07) is 8.81. The monoisotopic (exact) mass is 188 g/mol. The molecule has 0 unspecified atom stereocenters. The highest BCUT2D eigenvalue weighted by atomic mass is 15.6. The number of fused-ring (bicyclic) bond motifs is 2. The normalized spacial score (nSPS) is 23.5. The zero-order valence-electron chi connectivity index (χ0n) is 8.61. The molecule has 2 nitrogen and oxygen atoms in total. The van der Waals surface area contributed by atoms with Crippen LogP contribution in [-0.2, 0) is 13.1 Å². The van der Waals surface area contributed by atoms with Crippen molar-refractivity contribution in [2.75, 3.05) is 13.1 Å². The zero-order valence-corrected chi connectivity index (χ0v) is 8.61. The first-order chi connectivity index (χ1) is 6.83. The van der Waals surface area contributed by atoms with E-state index in [0.717, 1.165) is 19.0 Å². The fourth-order valence-electron chi connectivity index (χ4n) is 2.60. The molecule has 0 spiro atoms. The lowest BCUT2D eigenvalue weighted by atomic mass is 10.1. The maximum Gasteiger partial charge on any atom is 0.0387 e. The highest BCUT2D eigenvalue weighted by Crippen LogP contribution is 2.27. The van der Waals surface area contributed by atoms with Gasteiger partial charge >= 0.3 is 0 Å². The summed E-state index contributed by atoms with van der Waals surface area (Å²) in [5, 5.41) is 4.99. The first-order valence-corrected chi connectivity index (χ1v) is 5.39. The van der Waals surface area contributed by atoms with Gasteiger partial charge in [-0.3, -0.25) is 0 Å². The van der Waals surface area contributed by atoms with E-state index in [1.165, 1.54) is 24.2 Å². The van der Waals surface area contributed by atoms with Crippen LogP contribution in [0, 0.1) is 5.92 Å². The summed E-state index contributed by atoms with van der Waals surface area (Å²) >= 11 is 0. The van der Waals surface area contributed by atoms with Crippen molar-refractivity contribution < 1.29 is 0 Å². The molecule has 0 atom stereocenters. The maximum atomic E-state index is 2.49. The van der Waals surface area contributed by atoms with Crippen molar-refractivity contribution in [3.63, 3.8) is 0 Å². The summed E-state index contributed by atoms with van der Waals surface area (Å²) in [6.07, 6.45) is 0. The van der Waals surface area contributed by atoms with Crippen molar-refractivity contribution in [2.45, 2.75) is 20.0 Å². The number of hydrazine groups is 1. The molecule has 2 aliphatic heterocycles. The molecular weight excluding hydrogens is 172 g/mol. The summed E-state index contributed by atoms with van der Waals surface area (Å²) in [7, 11) is 0. The minimum atomic E-state index is 0.823. The molecule has 0 aromatic heterocycles. The molecule has 1 aromatic carbocycles. The Morgan fingerprint density at radius 1 is 1.00 bits per heavy atom. The molecule has 3 rings (SSSR count). The predicted octanol–water partition coefficient (Wildman–Crippen LogP) is 1.87. The Morgan fingerprint density at radius 3 is 2.00 bits per heavy atom. The molecule has 0 aliphatic carbocycles. The highest BCUT2D eigenvalue weighted by molar-refractivity contribution is 5.28. The Hall–Kier alpha value is -0.860. The average molecular weight is 188 g/mol. The number of rotatable bonds is 0. The van der Waals surface area contributed by atoms with Gasteiger partial charge in [-0.15, -0.1) is 0 Å². The van der Waals surface area contributed by atoms with Gasteiger partial charge in [0.15, 0.2) is 0 Å². The standard InChI is InChI=1S/C12H16N2/c1-10-6-13-8-11-4-2-3-5-12(11)9-14(13)7-10/h2-5,10H,6-9H2,1H3. The Bertz CT molecular complexity index is 315. The van der Waals surface area contributed by atoms with Crippen LogP contribution < -0.4 is 0 Å². The average Bonchev–Trinajstić information content (AvgIpc) is 2.53. The number of benzene rings is 1. The van der Waals surface area contributed by atoms with Crippen molar-refractivity contribution in [1.29, 1.82) is 0 Å². The van der Waals surface area contributed by atoms with Crippen LogP contribution in [0.1, 0.15) is 18.1 Å². The lowest BCUT2D eigenvalue weighted by Gasteiger charge is -2.33. The smallest absolute Gasteiger partial charge is 0.0387 e. The molecule has 1 aromatic rings. The molecule has 2 heterocycles. The van der Waals surface area contributed by atoms with E-state index < -0.39 is 0 Å². The fourth-order valence-corrected chi connectivity index (χ4v) is 2.60. The van der Waals surface area contributed by atoms with Gasteiger partial charge in [0.1, 0.15) is 0 Å². The van der Waals surface area contributed by atoms with Gasteiger partial charge in [0.2, 0.25) is 0 Å². The number of hydrogen-bond acceptors (Lipinski definition) is 2. The molecule has 0 radical (unpaired) electrons. The summed E-state index contributed by atoms with van der Waals surface area (Å²) in [4.78, 5) is 0. The van der Waals surface area contributed by atoms with Crippen molar-refractivity contribution in [3.8, 4) is 0 Å². The highest BCUT2D eigenvalue weighted by Gasteiger charge is 2.31. The first kappa shape index (κ1) is 8.45. The van der Waals surface area contributed by atoms with E-state index in [9.17, 15) is 0 Å². The molecule has 1 saturated heterocycles. The molecule has 0 N–H and O–H groups in total. The Labute approximate surface area is 85.1 Å². The number of hydrogen-bond donors (Lipinski definition) is 0. The van der Waals surface area contributed by atoms with E-state index in [1.807, 2.05) is 0 Å². The second kappa shape index (κ2) is 3.07. The zero-order chi connectivity index (χ0) is 9.54. The third-order valence-corrected chi connectivity index (χ3v) is 3.27. The van der Waals surface area contributed by atoms with Crippen LogP contribution in [0.5, 0.6) is 0 Å². The van der Waals surface area contributed by atoms with Crippen molar-refractivity contribution in [1.82, 2.24) is 10.0 Å². The first-order valence-electron chi connectivity index (χ1n) is 5.39. The van der Waals surface area contributed by atoms with E-state index in [2.05, 4.69) is 41.2 Å². The SMILES string of the molecule is CC1CN2Cc3ccccc3CN2C1. The van der Waals surface area contributed by atoms with Gasteiger partial charge in [0, 0.05) is 26.2 Å². The van der Waals surface area contributed by atoms with Crippen LogP contribution in [0.25, 0.3) is 0 Å². The van der Waals surface area contributed by atoms with Gasteiger partial charge in [-0.2, -0.15) is 0 Å². The Balaban J connectivity index is 1.91. The molecule has 74 valence electrons.